The standard InChI is InChI=1S/2C16H16N2O4.C13H12N2O3/c2*1-2-14(19)17-9-3-5-13-11(7-9)12(8-22-13)10-4-6-15(20)18-16(10)21;14-7-1-3-11-9(5-7)10(6-18-11)8-2-4-12(16)15-13(8)17/h2*3,5,7-8,10H,2,4,6H2,1H3,(H,17,19)(H,18,20,21);1,3,5-6,8H,2,4,14H2,(H,15,16,17). The van der Waals surface area contributed by atoms with E-state index < -0.39 is 11.8 Å². The lowest BCUT2D eigenvalue weighted by Crippen LogP contribution is -2.39. The zero-order chi connectivity index (χ0) is 44.1. The second kappa shape index (κ2) is 18.4. The van der Waals surface area contributed by atoms with Gasteiger partial charge in [0.05, 0.1) is 36.5 Å². The highest BCUT2D eigenvalue weighted by molar-refractivity contribution is 6.05. The van der Waals surface area contributed by atoms with Crippen LogP contribution in [0.4, 0.5) is 17.1 Å². The van der Waals surface area contributed by atoms with Gasteiger partial charge in [-0.05, 0) is 73.9 Å². The van der Waals surface area contributed by atoms with Gasteiger partial charge in [-0.1, -0.05) is 13.8 Å². The Bertz CT molecular complexity index is 2630. The van der Waals surface area contributed by atoms with Gasteiger partial charge in [0, 0.05) is 82.0 Å². The summed E-state index contributed by atoms with van der Waals surface area (Å²) in [5.41, 5.74) is 12.0. The van der Waals surface area contributed by atoms with Crippen LogP contribution in [0.3, 0.4) is 0 Å². The summed E-state index contributed by atoms with van der Waals surface area (Å²) in [6, 6.07) is 15.9. The molecule has 8 amide bonds. The van der Waals surface area contributed by atoms with Crippen molar-refractivity contribution in [2.24, 2.45) is 0 Å². The zero-order valence-electron chi connectivity index (χ0n) is 33.9. The van der Waals surface area contributed by atoms with E-state index in [4.69, 9.17) is 19.0 Å². The highest BCUT2D eigenvalue weighted by Gasteiger charge is 2.33. The molecule has 17 heteroatoms. The number of rotatable bonds is 7. The topological polar surface area (TPSA) is 262 Å². The first kappa shape index (κ1) is 42.6. The molecule has 9 rings (SSSR count). The van der Waals surface area contributed by atoms with E-state index in [0.717, 1.165) is 32.8 Å². The number of piperidine rings is 3. The third kappa shape index (κ3) is 9.41. The molecule has 3 atom stereocenters. The maximum atomic E-state index is 12.0. The number of imide groups is 3. The van der Waals surface area contributed by atoms with Gasteiger partial charge >= 0.3 is 0 Å². The number of nitrogens with one attached hydrogen (secondary N) is 5. The molecule has 0 aliphatic carbocycles. The molecule has 7 N–H and O–H groups in total. The summed E-state index contributed by atoms with van der Waals surface area (Å²) in [5.74, 6) is -2.90. The minimum atomic E-state index is -0.406. The van der Waals surface area contributed by atoms with E-state index in [-0.39, 0.29) is 53.2 Å². The Morgan fingerprint density at radius 1 is 0.548 bits per heavy atom. The fourth-order valence-corrected chi connectivity index (χ4v) is 7.60. The summed E-state index contributed by atoms with van der Waals surface area (Å²) in [5, 5.41) is 15.0. The van der Waals surface area contributed by atoms with Gasteiger partial charge in [-0.15, -0.1) is 0 Å². The Hall–Kier alpha value is -7.56. The molecule has 3 fully saturated rings. The normalized spacial score (nSPS) is 18.8. The second-order valence-electron chi connectivity index (χ2n) is 15.1. The molecule has 17 nitrogen and oxygen atoms in total. The van der Waals surface area contributed by atoms with E-state index in [9.17, 15) is 38.4 Å². The molecule has 62 heavy (non-hydrogen) atoms. The van der Waals surface area contributed by atoms with E-state index >= 15 is 0 Å². The third-order valence-corrected chi connectivity index (χ3v) is 10.9. The van der Waals surface area contributed by atoms with E-state index in [1.54, 1.807) is 87.2 Å². The Labute approximate surface area is 353 Å². The van der Waals surface area contributed by atoms with Crippen LogP contribution in [0.25, 0.3) is 32.9 Å². The monoisotopic (exact) mass is 844 g/mol. The van der Waals surface area contributed by atoms with Gasteiger partial charge in [-0.3, -0.25) is 54.3 Å². The molecule has 0 saturated carbocycles. The number of hydrogen-bond acceptors (Lipinski definition) is 12. The van der Waals surface area contributed by atoms with Gasteiger partial charge in [0.25, 0.3) is 0 Å². The predicted octanol–water partition coefficient (Wildman–Crippen LogP) is 6.14. The van der Waals surface area contributed by atoms with E-state index in [0.29, 0.717) is 85.2 Å². The van der Waals surface area contributed by atoms with Gasteiger partial charge in [0.2, 0.25) is 47.3 Å². The number of carbonyl (C=O) groups excluding carboxylic acids is 8. The van der Waals surface area contributed by atoms with Crippen molar-refractivity contribution in [1.82, 2.24) is 16.0 Å². The number of nitrogens with two attached hydrogens (primary N) is 1. The van der Waals surface area contributed by atoms with Crippen LogP contribution in [-0.2, 0) is 38.4 Å². The predicted molar refractivity (Wildman–Crippen MR) is 226 cm³/mol. The van der Waals surface area contributed by atoms with Gasteiger partial charge in [-0.2, -0.15) is 0 Å². The number of benzene rings is 3. The Morgan fingerprint density at radius 2 is 0.887 bits per heavy atom. The average Bonchev–Trinajstić information content (AvgIpc) is 3.98. The number of amides is 8. The summed E-state index contributed by atoms with van der Waals surface area (Å²) in [7, 11) is 0. The van der Waals surface area contributed by atoms with Crippen LogP contribution in [0.5, 0.6) is 0 Å². The van der Waals surface area contributed by atoms with Gasteiger partial charge in [0.1, 0.15) is 16.7 Å². The first-order chi connectivity index (χ1) is 29.8. The van der Waals surface area contributed by atoms with Crippen molar-refractivity contribution in [3.05, 3.63) is 90.1 Å². The Kier molecular flexibility index (Phi) is 12.6. The molecule has 6 aromatic rings. The van der Waals surface area contributed by atoms with Crippen LogP contribution in [0.15, 0.2) is 86.6 Å². The first-order valence-corrected chi connectivity index (χ1v) is 20.2. The zero-order valence-corrected chi connectivity index (χ0v) is 33.9. The van der Waals surface area contributed by atoms with Crippen molar-refractivity contribution in [2.45, 2.75) is 83.0 Å². The molecular weight excluding hydrogens is 801 g/mol. The van der Waals surface area contributed by atoms with Crippen molar-refractivity contribution < 1.29 is 51.6 Å². The van der Waals surface area contributed by atoms with Crippen LogP contribution in [-0.4, -0.2) is 47.3 Å². The molecule has 0 radical (unpaired) electrons. The molecule has 3 aromatic carbocycles. The molecule has 3 saturated heterocycles. The van der Waals surface area contributed by atoms with Crippen LogP contribution in [0.1, 0.15) is 99.7 Å². The molecule has 6 heterocycles. The summed E-state index contributed by atoms with van der Waals surface area (Å²) in [6.45, 7) is 3.56. The fourth-order valence-electron chi connectivity index (χ4n) is 7.60. The summed E-state index contributed by atoms with van der Waals surface area (Å²) in [4.78, 5) is 92.5. The van der Waals surface area contributed by atoms with Gasteiger partial charge in [0.15, 0.2) is 0 Å². The minimum Gasteiger partial charge on any atom is -0.464 e. The maximum absolute atomic E-state index is 12.0. The highest BCUT2D eigenvalue weighted by atomic mass is 16.3. The quantitative estimate of drug-likeness (QED) is 0.0782. The summed E-state index contributed by atoms with van der Waals surface area (Å²) < 4.78 is 16.4. The average molecular weight is 845 g/mol. The fraction of sp³-hybridized carbons (Fsp3) is 0.289. The molecule has 0 bridgehead atoms. The Morgan fingerprint density at radius 3 is 1.23 bits per heavy atom. The summed E-state index contributed by atoms with van der Waals surface area (Å²) >= 11 is 0. The van der Waals surface area contributed by atoms with Crippen molar-refractivity contribution in [2.75, 3.05) is 16.4 Å². The van der Waals surface area contributed by atoms with Crippen LogP contribution < -0.4 is 32.3 Å². The van der Waals surface area contributed by atoms with Crippen molar-refractivity contribution in [3.8, 4) is 0 Å². The molecule has 0 spiro atoms. The highest BCUT2D eigenvalue weighted by Crippen LogP contribution is 2.36. The lowest BCUT2D eigenvalue weighted by Gasteiger charge is -2.19. The van der Waals surface area contributed by atoms with Gasteiger partial charge < -0.3 is 29.6 Å². The van der Waals surface area contributed by atoms with E-state index in [1.807, 2.05) is 0 Å². The number of furan rings is 3. The molecule has 3 aliphatic heterocycles. The van der Waals surface area contributed by atoms with Crippen molar-refractivity contribution in [3.63, 3.8) is 0 Å². The van der Waals surface area contributed by atoms with Crippen LogP contribution >= 0.6 is 0 Å². The number of anilines is 3. The van der Waals surface area contributed by atoms with Crippen molar-refractivity contribution in [1.29, 1.82) is 0 Å². The number of carbonyl (C=O) groups is 8. The molecule has 3 unspecified atom stereocenters. The first-order valence-electron chi connectivity index (χ1n) is 20.2. The Balaban J connectivity index is 0.000000141. The van der Waals surface area contributed by atoms with E-state index in [2.05, 4.69) is 26.6 Å². The molecular formula is C45H44N6O11. The van der Waals surface area contributed by atoms with Crippen LogP contribution in [0.2, 0.25) is 0 Å². The van der Waals surface area contributed by atoms with E-state index in [1.165, 1.54) is 0 Å². The number of fused-ring (bicyclic) bond motifs is 3. The maximum Gasteiger partial charge on any atom is 0.234 e. The largest absolute Gasteiger partial charge is 0.464 e. The minimum absolute atomic E-state index is 0.0783. The lowest BCUT2D eigenvalue weighted by atomic mass is 9.90. The third-order valence-electron chi connectivity index (χ3n) is 10.9. The summed E-state index contributed by atoms with van der Waals surface area (Å²) in [6.07, 6.45) is 7.88. The van der Waals surface area contributed by atoms with Crippen LogP contribution in [0, 0.1) is 0 Å². The molecule has 3 aromatic heterocycles. The van der Waals surface area contributed by atoms with Crippen molar-refractivity contribution >= 4 is 97.2 Å². The smallest absolute Gasteiger partial charge is 0.234 e. The second-order valence-corrected chi connectivity index (χ2v) is 15.1. The lowest BCUT2D eigenvalue weighted by molar-refractivity contribution is -0.135. The SMILES string of the molecule is CCC(=O)Nc1ccc2occ(C3CCC(=O)NC3=O)c2c1.CCC(=O)Nc1ccc2occ(C3CCC(=O)NC3=O)c2c1.Nc1ccc2occ(C3CCC(=O)NC3=O)c2c1. The molecule has 3 aliphatic rings. The van der Waals surface area contributed by atoms with Gasteiger partial charge in [-0.25, -0.2) is 0 Å². The number of nitrogen functional groups attached to an aromatic ring is 1. The molecule has 320 valence electrons. The number of hydrogen-bond donors (Lipinski definition) is 6.